The van der Waals surface area contributed by atoms with Crippen LogP contribution >= 0.6 is 23.4 Å². The Morgan fingerprint density at radius 1 is 0.755 bits per heavy atom. The molecule has 5 aromatic rings. The largest absolute Gasteiger partial charge is 0.325 e. The zero-order chi connectivity index (χ0) is 35.0. The first-order valence-electron chi connectivity index (χ1n) is 14.6. The molecule has 0 bridgehead atoms. The molecule has 5 aromatic carbocycles. The number of carbonyl (C=O) groups is 3. The average molecular weight is 715 g/mol. The summed E-state index contributed by atoms with van der Waals surface area (Å²) < 4.78 is 37.8. The van der Waals surface area contributed by atoms with Crippen LogP contribution in [0.15, 0.2) is 143 Å². The Kier molecular flexibility index (Phi) is 11.3. The van der Waals surface area contributed by atoms with Gasteiger partial charge in [-0.15, -0.1) is 11.8 Å². The smallest absolute Gasteiger partial charge is 0.272 e. The van der Waals surface area contributed by atoms with Gasteiger partial charge in [0.15, 0.2) is 0 Å². The van der Waals surface area contributed by atoms with Crippen LogP contribution in [0.4, 0.5) is 15.8 Å². The fourth-order valence-electron chi connectivity index (χ4n) is 4.52. The van der Waals surface area contributed by atoms with E-state index in [4.69, 9.17) is 16.7 Å². The van der Waals surface area contributed by atoms with Gasteiger partial charge in [-0.1, -0.05) is 66.2 Å². The van der Waals surface area contributed by atoms with Crippen LogP contribution in [0.25, 0.3) is 6.08 Å². The van der Waals surface area contributed by atoms with Crippen molar-refractivity contribution in [2.24, 2.45) is 5.14 Å². The highest BCUT2D eigenvalue weighted by molar-refractivity contribution is 8.00. The van der Waals surface area contributed by atoms with Crippen LogP contribution in [-0.4, -0.2) is 26.1 Å². The van der Waals surface area contributed by atoms with Crippen LogP contribution < -0.4 is 21.1 Å². The van der Waals surface area contributed by atoms with Crippen molar-refractivity contribution < 1.29 is 27.2 Å². The fraction of sp³-hybridized carbons (Fsp3) is 0.0278. The van der Waals surface area contributed by atoms with Crippen LogP contribution in [0, 0.1) is 5.82 Å². The van der Waals surface area contributed by atoms with Gasteiger partial charge >= 0.3 is 0 Å². The molecule has 248 valence electrons. The number of hydrogen-bond donors (Lipinski definition) is 4. The lowest BCUT2D eigenvalue weighted by atomic mass is 10.1. The van der Waals surface area contributed by atoms with E-state index in [1.807, 2.05) is 30.3 Å². The molecule has 1 atom stereocenters. The number of benzene rings is 5. The Bertz CT molecular complexity index is 2100. The number of halogens is 2. The van der Waals surface area contributed by atoms with Crippen molar-refractivity contribution in [3.63, 3.8) is 0 Å². The van der Waals surface area contributed by atoms with Gasteiger partial charge in [0.25, 0.3) is 11.8 Å². The fourth-order valence-corrected chi connectivity index (χ4v) is 6.28. The number of sulfonamides is 1. The molecule has 0 aromatic heterocycles. The van der Waals surface area contributed by atoms with Crippen molar-refractivity contribution in [3.8, 4) is 0 Å². The van der Waals surface area contributed by atoms with Crippen molar-refractivity contribution in [1.29, 1.82) is 0 Å². The van der Waals surface area contributed by atoms with Gasteiger partial charge in [0.05, 0.1) is 9.92 Å². The Morgan fingerprint density at radius 3 is 1.96 bits per heavy atom. The lowest BCUT2D eigenvalue weighted by molar-refractivity contribution is -0.116. The predicted molar refractivity (Wildman–Crippen MR) is 190 cm³/mol. The van der Waals surface area contributed by atoms with Gasteiger partial charge in [-0.3, -0.25) is 14.4 Å². The Labute approximate surface area is 291 Å². The lowest BCUT2D eigenvalue weighted by Gasteiger charge is -2.18. The molecule has 0 fully saturated rings. The highest BCUT2D eigenvalue weighted by Gasteiger charge is 2.23. The number of primary sulfonamides is 1. The van der Waals surface area contributed by atoms with Gasteiger partial charge in [-0.05, 0) is 84.4 Å². The first kappa shape index (κ1) is 35.0. The summed E-state index contributed by atoms with van der Waals surface area (Å²) in [5, 5.41) is 12.6. The van der Waals surface area contributed by atoms with E-state index in [0.717, 1.165) is 5.56 Å². The highest BCUT2D eigenvalue weighted by Crippen LogP contribution is 2.37. The van der Waals surface area contributed by atoms with E-state index in [-0.39, 0.29) is 27.1 Å². The first-order valence-corrected chi connectivity index (χ1v) is 17.4. The van der Waals surface area contributed by atoms with E-state index in [9.17, 15) is 27.2 Å². The monoisotopic (exact) mass is 714 g/mol. The minimum Gasteiger partial charge on any atom is -0.325 e. The van der Waals surface area contributed by atoms with Crippen LogP contribution in [0.2, 0.25) is 5.02 Å². The number of hydrogen-bond acceptors (Lipinski definition) is 6. The van der Waals surface area contributed by atoms with Crippen LogP contribution in [-0.2, 0) is 19.6 Å². The Balaban J connectivity index is 1.34. The van der Waals surface area contributed by atoms with Gasteiger partial charge in [0.2, 0.25) is 15.9 Å². The Morgan fingerprint density at radius 2 is 1.35 bits per heavy atom. The summed E-state index contributed by atoms with van der Waals surface area (Å²) in [7, 11) is -3.88. The van der Waals surface area contributed by atoms with Gasteiger partial charge in [0.1, 0.15) is 16.8 Å². The van der Waals surface area contributed by atoms with Crippen LogP contribution in [0.3, 0.4) is 0 Å². The van der Waals surface area contributed by atoms with Crippen molar-refractivity contribution in [2.75, 3.05) is 10.6 Å². The molecule has 0 saturated heterocycles. The molecule has 9 nitrogen and oxygen atoms in total. The van der Waals surface area contributed by atoms with Gasteiger partial charge in [0, 0.05) is 27.4 Å². The molecule has 0 aliphatic rings. The van der Waals surface area contributed by atoms with E-state index >= 15 is 0 Å². The van der Waals surface area contributed by atoms with Gasteiger partial charge < -0.3 is 16.0 Å². The molecule has 0 aliphatic carbocycles. The second-order valence-electron chi connectivity index (χ2n) is 10.5. The molecule has 0 radical (unpaired) electrons. The molecule has 5 rings (SSSR count). The molecule has 0 spiro atoms. The number of amides is 3. The minimum absolute atomic E-state index is 0.0539. The second kappa shape index (κ2) is 15.8. The Hall–Kier alpha value is -5.27. The predicted octanol–water partition coefficient (Wildman–Crippen LogP) is 7.01. The van der Waals surface area contributed by atoms with Crippen molar-refractivity contribution in [3.05, 3.63) is 161 Å². The molecular formula is C36H28ClFN4O5S2. The molecule has 3 amide bonds. The van der Waals surface area contributed by atoms with Gasteiger partial charge in [-0.2, -0.15) is 0 Å². The molecule has 5 N–H and O–H groups in total. The van der Waals surface area contributed by atoms with E-state index in [0.29, 0.717) is 21.8 Å². The van der Waals surface area contributed by atoms with Crippen molar-refractivity contribution in [2.45, 2.75) is 15.0 Å². The summed E-state index contributed by atoms with van der Waals surface area (Å²) in [6.07, 6.45) is 1.17. The van der Waals surface area contributed by atoms with Gasteiger partial charge in [-0.25, -0.2) is 17.9 Å². The first-order chi connectivity index (χ1) is 23.5. The lowest BCUT2D eigenvalue weighted by Crippen LogP contribution is -2.30. The van der Waals surface area contributed by atoms with Crippen molar-refractivity contribution >= 4 is 68.6 Å². The minimum atomic E-state index is -3.88. The third-order valence-corrected chi connectivity index (χ3v) is 9.50. The number of carbonyl (C=O) groups excluding carboxylic acids is 3. The molecular weight excluding hydrogens is 687 g/mol. The second-order valence-corrected chi connectivity index (χ2v) is 13.6. The number of nitrogens with two attached hydrogens (primary N) is 1. The molecule has 0 aliphatic heterocycles. The van der Waals surface area contributed by atoms with E-state index in [2.05, 4.69) is 16.0 Å². The topological polar surface area (TPSA) is 147 Å². The van der Waals surface area contributed by atoms with E-state index in [1.54, 1.807) is 54.6 Å². The average Bonchev–Trinajstić information content (AvgIpc) is 3.09. The summed E-state index contributed by atoms with van der Waals surface area (Å²) in [5.74, 6) is -2.33. The number of thioether (sulfide) groups is 1. The summed E-state index contributed by atoms with van der Waals surface area (Å²) in [6, 6.07) is 33.6. The van der Waals surface area contributed by atoms with Crippen molar-refractivity contribution in [1.82, 2.24) is 5.32 Å². The standard InChI is InChI=1S/C36H28ClFN4O5S2/c37-30-12-7-13-31(38)29(30)22-32(42-34(43)24-10-5-2-6-11-24)35(44)40-25-14-18-27(19-15-25)48-33(23-8-3-1-4-9-23)36(45)41-26-16-20-28(21-17-26)49(39,46)47/h1-22,33H,(H,40,44)(H,41,45)(H,42,43)(H2,39,46,47)/b32-22-. The molecule has 49 heavy (non-hydrogen) atoms. The normalized spacial score (nSPS) is 12.1. The number of rotatable bonds is 11. The van der Waals surface area contributed by atoms with Crippen LogP contribution in [0.1, 0.15) is 26.7 Å². The molecule has 1 unspecified atom stereocenters. The molecule has 13 heteroatoms. The summed E-state index contributed by atoms with van der Waals surface area (Å²) in [6.45, 7) is 0. The van der Waals surface area contributed by atoms with E-state index in [1.165, 1.54) is 60.3 Å². The third-order valence-electron chi connectivity index (χ3n) is 6.97. The maximum Gasteiger partial charge on any atom is 0.272 e. The summed E-state index contributed by atoms with van der Waals surface area (Å²) >= 11 is 7.46. The zero-order valence-electron chi connectivity index (χ0n) is 25.5. The number of anilines is 2. The maximum absolute atomic E-state index is 14.6. The quantitative estimate of drug-likeness (QED) is 0.0855. The third kappa shape index (κ3) is 9.42. The SMILES string of the molecule is NS(=O)(=O)c1ccc(NC(=O)C(Sc2ccc(NC(=O)/C(=C/c3c(F)cccc3Cl)NC(=O)c3ccccc3)cc2)c2ccccc2)cc1. The highest BCUT2D eigenvalue weighted by atomic mass is 35.5. The summed E-state index contributed by atoms with van der Waals surface area (Å²) in [5.41, 5.74) is 1.46. The molecule has 0 heterocycles. The number of nitrogens with one attached hydrogen (secondary N) is 3. The van der Waals surface area contributed by atoms with E-state index < -0.39 is 32.9 Å². The molecule has 0 saturated carbocycles. The van der Waals surface area contributed by atoms with Crippen LogP contribution in [0.5, 0.6) is 0 Å². The summed E-state index contributed by atoms with van der Waals surface area (Å²) in [4.78, 5) is 40.5. The zero-order valence-corrected chi connectivity index (χ0v) is 27.9. The maximum atomic E-state index is 14.6.